The van der Waals surface area contributed by atoms with Crippen LogP contribution in [0.25, 0.3) is 0 Å². The van der Waals surface area contributed by atoms with Gasteiger partial charge >= 0.3 is 5.97 Å². The molecule has 0 spiro atoms. The summed E-state index contributed by atoms with van der Waals surface area (Å²) in [5.41, 5.74) is 0.922. The number of carbonyl (C=O) groups is 1. The fourth-order valence-electron chi connectivity index (χ4n) is 2.57. The smallest absolute Gasteiger partial charge is 0.311 e. The molecule has 0 aliphatic heterocycles. The minimum absolute atomic E-state index is 0.0554. The molecule has 0 aliphatic rings. The number of hydrogen-bond donors (Lipinski definition) is 1. The van der Waals surface area contributed by atoms with Crippen LogP contribution in [0.2, 0.25) is 0 Å². The Morgan fingerprint density at radius 3 is 2.29 bits per heavy atom. The van der Waals surface area contributed by atoms with E-state index in [4.69, 9.17) is 14.2 Å². The highest BCUT2D eigenvalue weighted by Crippen LogP contribution is 2.34. The lowest BCUT2D eigenvalue weighted by atomic mass is 9.90. The van der Waals surface area contributed by atoms with E-state index >= 15 is 0 Å². The van der Waals surface area contributed by atoms with Crippen LogP contribution in [0.5, 0.6) is 17.2 Å². The molecule has 2 aromatic carbocycles. The van der Waals surface area contributed by atoms with Crippen molar-refractivity contribution in [1.82, 2.24) is 0 Å². The van der Waals surface area contributed by atoms with Gasteiger partial charge in [-0.2, -0.15) is 0 Å². The van der Waals surface area contributed by atoms with E-state index in [1.54, 1.807) is 18.2 Å². The molecule has 1 N–H and O–H groups in total. The van der Waals surface area contributed by atoms with Gasteiger partial charge in [-0.15, -0.1) is 0 Å². The molecule has 24 heavy (non-hydrogen) atoms. The van der Waals surface area contributed by atoms with E-state index in [1.165, 1.54) is 39.5 Å². The van der Waals surface area contributed by atoms with Gasteiger partial charge in [-0.3, -0.25) is 4.79 Å². The third kappa shape index (κ3) is 3.76. The fraction of sp³-hybridized carbons (Fsp3) is 0.278. The Morgan fingerprint density at radius 1 is 1.04 bits per heavy atom. The van der Waals surface area contributed by atoms with E-state index in [0.29, 0.717) is 28.4 Å². The Hall–Kier alpha value is -2.76. The van der Waals surface area contributed by atoms with Crippen molar-refractivity contribution in [3.05, 3.63) is 53.3 Å². The molecule has 0 saturated carbocycles. The maximum Gasteiger partial charge on any atom is 0.311 e. The second-order valence-corrected chi connectivity index (χ2v) is 5.16. The predicted molar refractivity (Wildman–Crippen MR) is 86.6 cm³/mol. The minimum atomic E-state index is -1.05. The minimum Gasteiger partial charge on any atom is -0.497 e. The SMILES string of the molecule is COc1ccc(OC)c(C(Cc2cc(F)ccc2OC)C(=O)O)c1. The van der Waals surface area contributed by atoms with Crippen molar-refractivity contribution in [1.29, 1.82) is 0 Å². The van der Waals surface area contributed by atoms with Gasteiger partial charge in [0.2, 0.25) is 0 Å². The zero-order valence-corrected chi connectivity index (χ0v) is 13.7. The molecule has 5 nitrogen and oxygen atoms in total. The number of aliphatic carboxylic acids is 1. The second kappa shape index (κ2) is 7.68. The molecule has 0 aromatic heterocycles. The molecule has 128 valence electrons. The first-order valence-electron chi connectivity index (χ1n) is 7.27. The molecule has 0 heterocycles. The number of carboxylic acid groups (broad SMARTS) is 1. The molecule has 2 aromatic rings. The Balaban J connectivity index is 2.48. The van der Waals surface area contributed by atoms with Crippen LogP contribution in [0.1, 0.15) is 17.0 Å². The average Bonchev–Trinajstić information content (AvgIpc) is 2.59. The van der Waals surface area contributed by atoms with E-state index in [9.17, 15) is 14.3 Å². The van der Waals surface area contributed by atoms with Crippen molar-refractivity contribution in [3.63, 3.8) is 0 Å². The second-order valence-electron chi connectivity index (χ2n) is 5.16. The zero-order valence-electron chi connectivity index (χ0n) is 13.7. The number of benzene rings is 2. The summed E-state index contributed by atoms with van der Waals surface area (Å²) in [6.45, 7) is 0. The number of carboxylic acids is 1. The molecule has 0 saturated heterocycles. The van der Waals surface area contributed by atoms with Crippen LogP contribution < -0.4 is 14.2 Å². The van der Waals surface area contributed by atoms with Gasteiger partial charge in [0.25, 0.3) is 0 Å². The third-order valence-electron chi connectivity index (χ3n) is 3.78. The van der Waals surface area contributed by atoms with Gasteiger partial charge in [0.1, 0.15) is 23.1 Å². The van der Waals surface area contributed by atoms with Crippen molar-refractivity contribution in [2.45, 2.75) is 12.3 Å². The lowest BCUT2D eigenvalue weighted by Gasteiger charge is -2.18. The average molecular weight is 334 g/mol. The lowest BCUT2D eigenvalue weighted by molar-refractivity contribution is -0.138. The normalized spacial score (nSPS) is 11.7. The summed E-state index contributed by atoms with van der Waals surface area (Å²) >= 11 is 0. The van der Waals surface area contributed by atoms with Crippen LogP contribution in [0.3, 0.4) is 0 Å². The fourth-order valence-corrected chi connectivity index (χ4v) is 2.57. The Labute approximate surface area is 139 Å². The van der Waals surface area contributed by atoms with Gasteiger partial charge in [0, 0.05) is 5.56 Å². The van der Waals surface area contributed by atoms with Crippen molar-refractivity contribution in [2.75, 3.05) is 21.3 Å². The molecular weight excluding hydrogens is 315 g/mol. The highest BCUT2D eigenvalue weighted by atomic mass is 19.1. The van der Waals surface area contributed by atoms with E-state index in [2.05, 4.69) is 0 Å². The topological polar surface area (TPSA) is 65.0 Å². The first-order valence-corrected chi connectivity index (χ1v) is 7.27. The molecule has 2 rings (SSSR count). The van der Waals surface area contributed by atoms with Crippen LogP contribution >= 0.6 is 0 Å². The lowest BCUT2D eigenvalue weighted by Crippen LogP contribution is -2.16. The van der Waals surface area contributed by atoms with Gasteiger partial charge in [0.15, 0.2) is 0 Å². The maximum atomic E-state index is 13.6. The van der Waals surface area contributed by atoms with Crippen molar-refractivity contribution >= 4 is 5.97 Å². The van der Waals surface area contributed by atoms with Gasteiger partial charge < -0.3 is 19.3 Å². The monoisotopic (exact) mass is 334 g/mol. The first kappa shape index (κ1) is 17.6. The number of methoxy groups -OCH3 is 3. The highest BCUT2D eigenvalue weighted by molar-refractivity contribution is 5.78. The zero-order chi connectivity index (χ0) is 17.7. The molecule has 1 unspecified atom stereocenters. The van der Waals surface area contributed by atoms with E-state index in [1.807, 2.05) is 0 Å². The summed E-state index contributed by atoms with van der Waals surface area (Å²) in [4.78, 5) is 11.8. The van der Waals surface area contributed by atoms with Crippen LogP contribution in [0, 0.1) is 5.82 Å². The van der Waals surface area contributed by atoms with Crippen LogP contribution in [0.4, 0.5) is 4.39 Å². The summed E-state index contributed by atoms with van der Waals surface area (Å²) < 4.78 is 29.2. The van der Waals surface area contributed by atoms with E-state index in [-0.39, 0.29) is 6.42 Å². The Bertz CT molecular complexity index is 729. The Morgan fingerprint density at radius 2 is 1.71 bits per heavy atom. The van der Waals surface area contributed by atoms with E-state index in [0.717, 1.165) is 0 Å². The summed E-state index contributed by atoms with van der Waals surface area (Å²) in [5.74, 6) is -1.06. The number of hydrogen-bond acceptors (Lipinski definition) is 4. The summed E-state index contributed by atoms with van der Waals surface area (Å²) in [5, 5.41) is 9.67. The van der Waals surface area contributed by atoms with E-state index < -0.39 is 17.7 Å². The standard InChI is InChI=1S/C18H19FO5/c1-22-13-5-7-17(24-3)14(10-13)15(18(20)21)9-11-8-12(19)4-6-16(11)23-2/h4-8,10,15H,9H2,1-3H3,(H,20,21). The van der Waals surface area contributed by atoms with Crippen LogP contribution in [-0.4, -0.2) is 32.4 Å². The van der Waals surface area contributed by atoms with Crippen molar-refractivity contribution in [3.8, 4) is 17.2 Å². The van der Waals surface area contributed by atoms with Crippen LogP contribution in [-0.2, 0) is 11.2 Å². The molecule has 0 fully saturated rings. The largest absolute Gasteiger partial charge is 0.497 e. The third-order valence-corrected chi connectivity index (χ3v) is 3.78. The van der Waals surface area contributed by atoms with Crippen molar-refractivity contribution < 1.29 is 28.5 Å². The molecule has 6 heteroatoms. The molecule has 0 amide bonds. The quantitative estimate of drug-likeness (QED) is 0.842. The first-order chi connectivity index (χ1) is 11.5. The maximum absolute atomic E-state index is 13.6. The summed E-state index contributed by atoms with van der Waals surface area (Å²) in [7, 11) is 4.42. The molecule has 0 radical (unpaired) electrons. The van der Waals surface area contributed by atoms with Gasteiger partial charge in [-0.1, -0.05) is 0 Å². The Kier molecular flexibility index (Phi) is 5.63. The number of rotatable bonds is 7. The molecule has 1 atom stereocenters. The predicted octanol–water partition coefficient (Wildman–Crippen LogP) is 3.26. The summed E-state index contributed by atoms with van der Waals surface area (Å²) in [6, 6.07) is 8.97. The van der Waals surface area contributed by atoms with Gasteiger partial charge in [-0.25, -0.2) is 4.39 Å². The molecule has 0 aliphatic carbocycles. The highest BCUT2D eigenvalue weighted by Gasteiger charge is 2.26. The van der Waals surface area contributed by atoms with Crippen LogP contribution in [0.15, 0.2) is 36.4 Å². The molecule has 0 bridgehead atoms. The van der Waals surface area contributed by atoms with Gasteiger partial charge in [-0.05, 0) is 48.4 Å². The van der Waals surface area contributed by atoms with Gasteiger partial charge in [0.05, 0.1) is 27.2 Å². The molecular formula is C18H19FO5. The van der Waals surface area contributed by atoms with Crippen molar-refractivity contribution in [2.24, 2.45) is 0 Å². The number of ether oxygens (including phenoxy) is 3. The number of halogens is 1. The summed E-state index contributed by atoms with van der Waals surface area (Å²) in [6.07, 6.45) is 0.0554.